The van der Waals surface area contributed by atoms with Crippen LogP contribution in [0.5, 0.6) is 0 Å². The van der Waals surface area contributed by atoms with Crippen molar-refractivity contribution in [2.24, 2.45) is 5.73 Å². The van der Waals surface area contributed by atoms with Gasteiger partial charge in [0.2, 0.25) is 5.91 Å². The molecule has 3 N–H and O–H groups in total. The maximum absolute atomic E-state index is 11.5. The van der Waals surface area contributed by atoms with Gasteiger partial charge in [-0.2, -0.15) is 11.8 Å². The Balaban J connectivity index is 3.65. The van der Waals surface area contributed by atoms with Crippen molar-refractivity contribution >= 4 is 17.7 Å². The lowest BCUT2D eigenvalue weighted by molar-refractivity contribution is -0.123. The summed E-state index contributed by atoms with van der Waals surface area (Å²) < 4.78 is 0. The first-order valence-corrected chi connectivity index (χ1v) is 6.90. The van der Waals surface area contributed by atoms with Crippen LogP contribution in [0, 0.1) is 0 Å². The minimum atomic E-state index is -0.337. The number of thioether (sulfide) groups is 1. The van der Waals surface area contributed by atoms with E-state index in [-0.39, 0.29) is 18.0 Å². The van der Waals surface area contributed by atoms with E-state index in [4.69, 9.17) is 5.73 Å². The maximum Gasteiger partial charge on any atom is 0.237 e. The van der Waals surface area contributed by atoms with E-state index in [1.165, 1.54) is 0 Å². The standard InChI is InChI=1S/C11H24N2OS/c1-4-6-10(12)11(14)13-9(3)7-8-15-5-2/h9-10H,4-8,12H2,1-3H3,(H,13,14)/t9?,10-/m0/s1. The molecule has 1 amide bonds. The second-order valence-corrected chi connectivity index (χ2v) is 5.18. The Hall–Kier alpha value is -0.220. The molecule has 0 rings (SSSR count). The minimum absolute atomic E-state index is 0.00847. The zero-order chi connectivity index (χ0) is 11.7. The van der Waals surface area contributed by atoms with Crippen LogP contribution < -0.4 is 11.1 Å². The molecule has 0 saturated heterocycles. The summed E-state index contributed by atoms with van der Waals surface area (Å²) in [6.07, 6.45) is 2.74. The molecule has 2 atom stereocenters. The molecule has 90 valence electrons. The highest BCUT2D eigenvalue weighted by Gasteiger charge is 2.14. The fraction of sp³-hybridized carbons (Fsp3) is 0.909. The molecule has 0 radical (unpaired) electrons. The first kappa shape index (κ1) is 14.8. The smallest absolute Gasteiger partial charge is 0.237 e. The lowest BCUT2D eigenvalue weighted by Crippen LogP contribution is -2.44. The molecular weight excluding hydrogens is 208 g/mol. The number of rotatable bonds is 8. The highest BCUT2D eigenvalue weighted by atomic mass is 32.2. The Kier molecular flexibility index (Phi) is 8.91. The van der Waals surface area contributed by atoms with E-state index in [0.717, 1.165) is 30.8 Å². The molecule has 15 heavy (non-hydrogen) atoms. The Morgan fingerprint density at radius 1 is 1.40 bits per heavy atom. The highest BCUT2D eigenvalue weighted by molar-refractivity contribution is 7.99. The van der Waals surface area contributed by atoms with Gasteiger partial charge in [-0.3, -0.25) is 4.79 Å². The number of hydrogen-bond acceptors (Lipinski definition) is 3. The van der Waals surface area contributed by atoms with Crippen molar-refractivity contribution in [2.75, 3.05) is 11.5 Å². The van der Waals surface area contributed by atoms with E-state index in [2.05, 4.69) is 12.2 Å². The van der Waals surface area contributed by atoms with Crippen LogP contribution in [0.1, 0.15) is 40.0 Å². The molecule has 3 nitrogen and oxygen atoms in total. The number of nitrogens with two attached hydrogens (primary N) is 1. The van der Waals surface area contributed by atoms with E-state index in [1.807, 2.05) is 25.6 Å². The van der Waals surface area contributed by atoms with E-state index < -0.39 is 0 Å². The second-order valence-electron chi connectivity index (χ2n) is 3.79. The van der Waals surface area contributed by atoms with Gasteiger partial charge in [0.1, 0.15) is 0 Å². The fourth-order valence-corrected chi connectivity index (χ4v) is 2.08. The monoisotopic (exact) mass is 232 g/mol. The maximum atomic E-state index is 11.5. The molecule has 0 aromatic rings. The summed E-state index contributed by atoms with van der Waals surface area (Å²) in [6, 6.07) is -0.101. The predicted molar refractivity (Wildman–Crippen MR) is 68.1 cm³/mol. The van der Waals surface area contributed by atoms with Crippen LogP contribution in [0.4, 0.5) is 0 Å². The number of nitrogens with one attached hydrogen (secondary N) is 1. The third-order valence-electron chi connectivity index (χ3n) is 2.22. The van der Waals surface area contributed by atoms with Gasteiger partial charge in [-0.1, -0.05) is 20.3 Å². The highest BCUT2D eigenvalue weighted by Crippen LogP contribution is 2.04. The Labute approximate surface area is 97.6 Å². The van der Waals surface area contributed by atoms with Crippen LogP contribution in [0.3, 0.4) is 0 Å². The Morgan fingerprint density at radius 3 is 2.60 bits per heavy atom. The zero-order valence-electron chi connectivity index (χ0n) is 10.1. The molecule has 0 aromatic heterocycles. The molecule has 0 saturated carbocycles. The molecule has 1 unspecified atom stereocenters. The van der Waals surface area contributed by atoms with Gasteiger partial charge in [-0.15, -0.1) is 0 Å². The summed E-state index contributed by atoms with van der Waals surface area (Å²) in [4.78, 5) is 11.5. The Morgan fingerprint density at radius 2 is 2.07 bits per heavy atom. The zero-order valence-corrected chi connectivity index (χ0v) is 10.9. The molecule has 0 spiro atoms. The Bertz CT molecular complexity index is 176. The largest absolute Gasteiger partial charge is 0.352 e. The summed E-state index contributed by atoms with van der Waals surface area (Å²) in [7, 11) is 0. The van der Waals surface area contributed by atoms with Crippen molar-refractivity contribution in [3.63, 3.8) is 0 Å². The summed E-state index contributed by atoms with van der Waals surface area (Å²) >= 11 is 1.90. The fourth-order valence-electron chi connectivity index (χ4n) is 1.27. The molecule has 0 bridgehead atoms. The van der Waals surface area contributed by atoms with Crippen LogP contribution in [0.15, 0.2) is 0 Å². The minimum Gasteiger partial charge on any atom is -0.352 e. The average Bonchev–Trinajstić information content (AvgIpc) is 2.18. The molecule has 0 aliphatic carbocycles. The van der Waals surface area contributed by atoms with Crippen LogP contribution in [0.2, 0.25) is 0 Å². The van der Waals surface area contributed by atoms with Crippen LogP contribution in [-0.4, -0.2) is 29.5 Å². The molecular formula is C11H24N2OS. The molecule has 0 aliphatic rings. The van der Waals surface area contributed by atoms with Crippen LogP contribution in [-0.2, 0) is 4.79 Å². The lowest BCUT2D eigenvalue weighted by atomic mass is 10.1. The summed E-state index contributed by atoms with van der Waals surface area (Å²) in [5.41, 5.74) is 5.71. The van der Waals surface area contributed by atoms with E-state index in [1.54, 1.807) is 0 Å². The van der Waals surface area contributed by atoms with Crippen molar-refractivity contribution in [3.8, 4) is 0 Å². The number of amides is 1. The number of hydrogen-bond donors (Lipinski definition) is 2. The summed E-state index contributed by atoms with van der Waals surface area (Å²) in [5.74, 6) is 2.22. The van der Waals surface area contributed by atoms with Crippen LogP contribution in [0.25, 0.3) is 0 Å². The third-order valence-corrected chi connectivity index (χ3v) is 3.16. The molecule has 4 heteroatoms. The summed E-state index contributed by atoms with van der Waals surface area (Å²) in [5, 5.41) is 2.95. The topological polar surface area (TPSA) is 55.1 Å². The third kappa shape index (κ3) is 7.68. The van der Waals surface area contributed by atoms with E-state index >= 15 is 0 Å². The van der Waals surface area contributed by atoms with E-state index in [0.29, 0.717) is 0 Å². The van der Waals surface area contributed by atoms with Crippen molar-refractivity contribution in [2.45, 2.75) is 52.1 Å². The van der Waals surface area contributed by atoms with Crippen molar-refractivity contribution in [3.05, 3.63) is 0 Å². The van der Waals surface area contributed by atoms with Gasteiger partial charge >= 0.3 is 0 Å². The van der Waals surface area contributed by atoms with Gasteiger partial charge in [0.05, 0.1) is 6.04 Å². The van der Waals surface area contributed by atoms with Crippen molar-refractivity contribution in [1.29, 1.82) is 0 Å². The molecule has 0 aromatic carbocycles. The van der Waals surface area contributed by atoms with Crippen LogP contribution >= 0.6 is 11.8 Å². The van der Waals surface area contributed by atoms with Gasteiger partial charge in [-0.05, 0) is 31.3 Å². The number of carbonyl (C=O) groups excluding carboxylic acids is 1. The first-order valence-electron chi connectivity index (χ1n) is 5.75. The normalized spacial score (nSPS) is 14.7. The van der Waals surface area contributed by atoms with Gasteiger partial charge < -0.3 is 11.1 Å². The van der Waals surface area contributed by atoms with Crippen molar-refractivity contribution in [1.82, 2.24) is 5.32 Å². The second kappa shape index (κ2) is 9.04. The number of carbonyl (C=O) groups is 1. The molecule has 0 aliphatic heterocycles. The SMILES string of the molecule is CCC[C@H](N)C(=O)NC(C)CCSCC. The van der Waals surface area contributed by atoms with Gasteiger partial charge in [-0.25, -0.2) is 0 Å². The predicted octanol–water partition coefficient (Wildman–Crippen LogP) is 1.76. The van der Waals surface area contributed by atoms with Gasteiger partial charge in [0, 0.05) is 6.04 Å². The van der Waals surface area contributed by atoms with Gasteiger partial charge in [0.15, 0.2) is 0 Å². The van der Waals surface area contributed by atoms with Gasteiger partial charge in [0.25, 0.3) is 0 Å². The van der Waals surface area contributed by atoms with Crippen molar-refractivity contribution < 1.29 is 4.79 Å². The first-order chi connectivity index (χ1) is 7.11. The summed E-state index contributed by atoms with van der Waals surface area (Å²) in [6.45, 7) is 6.21. The lowest BCUT2D eigenvalue weighted by Gasteiger charge is -2.16. The molecule has 0 fully saturated rings. The quantitative estimate of drug-likeness (QED) is 0.627. The van der Waals surface area contributed by atoms with E-state index in [9.17, 15) is 4.79 Å². The average molecular weight is 232 g/mol. The molecule has 0 heterocycles.